The zero-order chi connectivity index (χ0) is 31.1. The van der Waals surface area contributed by atoms with Gasteiger partial charge in [-0.1, -0.05) is 61.3 Å². The first-order valence-electron chi connectivity index (χ1n) is 14.5. The minimum Gasteiger partial charge on any atom is -0.481 e. The highest BCUT2D eigenvalue weighted by atomic mass is 35.5. The van der Waals surface area contributed by atoms with Gasteiger partial charge in [0.2, 0.25) is 0 Å². The van der Waals surface area contributed by atoms with Crippen LogP contribution >= 0.6 is 23.2 Å². The van der Waals surface area contributed by atoms with Crippen molar-refractivity contribution >= 4 is 35.1 Å². The Morgan fingerprint density at radius 3 is 2.23 bits per heavy atom. The van der Waals surface area contributed by atoms with E-state index in [9.17, 15) is 14.7 Å². The molecule has 0 aliphatic carbocycles. The molecule has 1 N–H and O–H groups in total. The third-order valence-electron chi connectivity index (χ3n) is 9.62. The van der Waals surface area contributed by atoms with Crippen LogP contribution in [0.5, 0.6) is 0 Å². The van der Waals surface area contributed by atoms with Crippen molar-refractivity contribution in [3.05, 3.63) is 104 Å². The van der Waals surface area contributed by atoms with Crippen LogP contribution in [-0.4, -0.2) is 42.2 Å². The lowest BCUT2D eigenvalue weighted by molar-refractivity contribution is -0.149. The van der Waals surface area contributed by atoms with Crippen molar-refractivity contribution < 1.29 is 28.6 Å². The van der Waals surface area contributed by atoms with Crippen LogP contribution in [0.15, 0.2) is 60.7 Å². The van der Waals surface area contributed by atoms with E-state index in [4.69, 9.17) is 32.7 Å². The summed E-state index contributed by atoms with van der Waals surface area (Å²) in [4.78, 5) is 28.7. The van der Waals surface area contributed by atoms with Crippen LogP contribution in [0.1, 0.15) is 78.7 Å². The highest BCUT2D eigenvalue weighted by Crippen LogP contribution is 2.53. The van der Waals surface area contributed by atoms with Gasteiger partial charge in [-0.25, -0.2) is 4.39 Å². The van der Waals surface area contributed by atoms with Gasteiger partial charge < -0.3 is 14.6 Å². The monoisotopic (exact) mass is 627 g/mol. The number of ether oxygens (including phenoxy) is 2. The Morgan fingerprint density at radius 1 is 1.12 bits per heavy atom. The van der Waals surface area contributed by atoms with E-state index >= 15 is 4.39 Å². The number of benzene rings is 3. The average molecular weight is 629 g/mol. The molecule has 2 heterocycles. The van der Waals surface area contributed by atoms with Crippen LogP contribution in [-0.2, 0) is 25.4 Å². The number of hydrogen-bond acceptors (Lipinski definition) is 4. The molecule has 5 rings (SSSR count). The molecule has 1 saturated heterocycles. The predicted octanol–water partition coefficient (Wildman–Crippen LogP) is 7.99. The van der Waals surface area contributed by atoms with Crippen LogP contribution in [0.4, 0.5) is 4.39 Å². The van der Waals surface area contributed by atoms with Crippen molar-refractivity contribution in [3.63, 3.8) is 0 Å². The molecule has 2 aliphatic heterocycles. The van der Waals surface area contributed by atoms with E-state index in [-0.39, 0.29) is 17.0 Å². The fourth-order valence-corrected chi connectivity index (χ4v) is 7.21. The maximum atomic E-state index is 16.8. The second-order valence-electron chi connectivity index (χ2n) is 11.7. The van der Waals surface area contributed by atoms with Gasteiger partial charge in [-0.05, 0) is 85.0 Å². The summed E-state index contributed by atoms with van der Waals surface area (Å²) in [7, 11) is 1.40. The third-order valence-corrected chi connectivity index (χ3v) is 10.1. The van der Waals surface area contributed by atoms with Crippen LogP contribution in [0.25, 0.3) is 0 Å². The van der Waals surface area contributed by atoms with Gasteiger partial charge >= 0.3 is 5.97 Å². The first-order valence-corrected chi connectivity index (χ1v) is 15.3. The quantitative estimate of drug-likeness (QED) is 0.260. The lowest BCUT2D eigenvalue weighted by Gasteiger charge is -2.44. The molecule has 0 radical (unpaired) electrons. The van der Waals surface area contributed by atoms with E-state index in [0.717, 1.165) is 24.8 Å². The minimum absolute atomic E-state index is 0.0491. The molecule has 1 amide bonds. The first-order chi connectivity index (χ1) is 20.5. The predicted molar refractivity (Wildman–Crippen MR) is 164 cm³/mol. The molecule has 0 aromatic heterocycles. The van der Waals surface area contributed by atoms with Crippen molar-refractivity contribution in [2.75, 3.05) is 20.3 Å². The lowest BCUT2D eigenvalue weighted by Crippen LogP contribution is -2.51. The molecular weight excluding hydrogens is 592 g/mol. The summed E-state index contributed by atoms with van der Waals surface area (Å²) < 4.78 is 28.6. The molecule has 1 unspecified atom stereocenters. The molecule has 6 nitrogen and oxygen atoms in total. The van der Waals surface area contributed by atoms with Gasteiger partial charge in [-0.2, -0.15) is 0 Å². The number of carbonyl (C=O) groups is 2. The maximum absolute atomic E-state index is 16.8. The molecule has 3 aromatic carbocycles. The normalized spacial score (nSPS) is 21.7. The summed E-state index contributed by atoms with van der Waals surface area (Å²) in [6, 6.07) is 15.6. The van der Waals surface area contributed by atoms with Gasteiger partial charge in [0.05, 0.1) is 23.1 Å². The number of carbonyl (C=O) groups excluding carboxylic acids is 1. The molecule has 1 fully saturated rings. The smallest absolute Gasteiger partial charge is 0.308 e. The van der Waals surface area contributed by atoms with E-state index in [1.807, 2.05) is 0 Å². The Hall–Kier alpha value is -2.97. The van der Waals surface area contributed by atoms with Crippen molar-refractivity contribution in [2.24, 2.45) is 11.8 Å². The van der Waals surface area contributed by atoms with Gasteiger partial charge in [-0.3, -0.25) is 14.5 Å². The molecule has 2 aliphatic rings. The van der Waals surface area contributed by atoms with Crippen molar-refractivity contribution in [3.8, 4) is 0 Å². The van der Waals surface area contributed by atoms with Crippen molar-refractivity contribution in [2.45, 2.75) is 57.2 Å². The molecule has 228 valence electrons. The summed E-state index contributed by atoms with van der Waals surface area (Å²) in [5.41, 5.74) is -0.302. The molecular formula is C34H36Cl2FNO5. The molecule has 0 spiro atoms. The van der Waals surface area contributed by atoms with Crippen LogP contribution < -0.4 is 0 Å². The number of carboxylic acid groups (broad SMARTS) is 1. The number of halogens is 3. The standard InChI is InChI=1S/C34H36Cl2FNO5/c1-5-33(3,22-14-16-43-17-15-22)24-18-27-29(28(37)19-24)34(42-4,23-8-12-26(36)13-9-23)38(31(27)39)30(20(2)32(40)41)21-6-10-25(35)11-7-21/h6-13,18-20,22,30H,5,14-17H2,1-4H3,(H,40,41)/t20-,30-,33+,34?/m0/s1. The largest absolute Gasteiger partial charge is 0.481 e. The number of hydrogen-bond donors (Lipinski definition) is 1. The van der Waals surface area contributed by atoms with Crippen molar-refractivity contribution in [1.29, 1.82) is 0 Å². The van der Waals surface area contributed by atoms with Crippen LogP contribution in [0.3, 0.4) is 0 Å². The highest BCUT2D eigenvalue weighted by Gasteiger charge is 2.58. The number of carboxylic acids is 1. The van der Waals surface area contributed by atoms with Crippen LogP contribution in [0, 0.1) is 17.7 Å². The number of rotatable bonds is 9. The summed E-state index contributed by atoms with van der Waals surface area (Å²) in [5.74, 6) is -3.08. The number of aliphatic carboxylic acids is 1. The summed E-state index contributed by atoms with van der Waals surface area (Å²) >= 11 is 12.4. The Balaban J connectivity index is 1.79. The molecule has 3 aromatic rings. The molecule has 0 bridgehead atoms. The van der Waals surface area contributed by atoms with E-state index in [2.05, 4.69) is 13.8 Å². The van der Waals surface area contributed by atoms with Gasteiger partial charge in [0.15, 0.2) is 5.72 Å². The van der Waals surface area contributed by atoms with Gasteiger partial charge in [0.25, 0.3) is 5.91 Å². The SMILES string of the molecule is CC[C@@](C)(c1cc(F)c2c(c1)C(=O)N([C@H](c1ccc(Cl)cc1)[C@H](C)C(=O)O)C2(OC)c1ccc(Cl)cc1)C1CCOCC1. The lowest BCUT2D eigenvalue weighted by atomic mass is 9.66. The highest BCUT2D eigenvalue weighted by molar-refractivity contribution is 6.30. The van der Waals surface area contributed by atoms with Crippen LogP contribution in [0.2, 0.25) is 10.0 Å². The topological polar surface area (TPSA) is 76.1 Å². The fourth-order valence-electron chi connectivity index (χ4n) is 6.96. The number of fused-ring (bicyclic) bond motifs is 1. The van der Waals surface area contributed by atoms with Gasteiger partial charge in [-0.15, -0.1) is 0 Å². The fraction of sp³-hybridized carbons (Fsp3) is 0.412. The molecule has 9 heteroatoms. The van der Waals surface area contributed by atoms with E-state index in [1.54, 1.807) is 54.6 Å². The average Bonchev–Trinajstić information content (AvgIpc) is 3.27. The number of nitrogens with zero attached hydrogens (tertiary/aromatic N) is 1. The Bertz CT molecular complexity index is 1510. The van der Waals surface area contributed by atoms with E-state index in [1.165, 1.54) is 25.0 Å². The second kappa shape index (κ2) is 12.2. The third kappa shape index (κ3) is 5.24. The molecule has 0 saturated carbocycles. The summed E-state index contributed by atoms with van der Waals surface area (Å²) in [6.45, 7) is 7.00. The second-order valence-corrected chi connectivity index (χ2v) is 12.6. The Labute approximate surface area is 261 Å². The zero-order valence-corrected chi connectivity index (χ0v) is 26.2. The van der Waals surface area contributed by atoms with Gasteiger partial charge in [0.1, 0.15) is 5.82 Å². The van der Waals surface area contributed by atoms with E-state index in [0.29, 0.717) is 34.4 Å². The zero-order valence-electron chi connectivity index (χ0n) is 24.7. The number of methoxy groups -OCH3 is 1. The Morgan fingerprint density at radius 2 is 1.70 bits per heavy atom. The van der Waals surface area contributed by atoms with Gasteiger partial charge in [0, 0.05) is 35.9 Å². The van der Waals surface area contributed by atoms with E-state index < -0.39 is 40.8 Å². The maximum Gasteiger partial charge on any atom is 0.308 e. The molecule has 43 heavy (non-hydrogen) atoms. The minimum atomic E-state index is -1.78. The number of amides is 1. The first kappa shape index (κ1) is 31.5. The summed E-state index contributed by atoms with van der Waals surface area (Å²) in [6.07, 6.45) is 2.42. The molecule has 4 atom stereocenters. The van der Waals surface area contributed by atoms with Crippen molar-refractivity contribution in [1.82, 2.24) is 4.90 Å². The Kier molecular flexibility index (Phi) is 8.92. The summed E-state index contributed by atoms with van der Waals surface area (Å²) in [5, 5.41) is 11.2.